The molecule has 0 aliphatic carbocycles. The molecule has 6 heteroatoms. The average Bonchev–Trinajstić information content (AvgIpc) is 2.86. The molecule has 5 nitrogen and oxygen atoms in total. The number of ether oxygens (including phenoxy) is 1. The van der Waals surface area contributed by atoms with Crippen molar-refractivity contribution in [2.75, 3.05) is 13.7 Å². The van der Waals surface area contributed by atoms with Gasteiger partial charge in [-0.05, 0) is 25.0 Å². The number of hydrogen-bond acceptors (Lipinski definition) is 4. The van der Waals surface area contributed by atoms with Gasteiger partial charge in [0.05, 0.1) is 7.11 Å². The molecule has 0 bridgehead atoms. The number of rotatable bonds is 2. The molecule has 0 radical (unpaired) electrons. The van der Waals surface area contributed by atoms with E-state index in [1.165, 1.54) is 12.0 Å². The molecule has 1 unspecified atom stereocenters. The Morgan fingerprint density at radius 2 is 2.28 bits per heavy atom. The molecule has 1 aliphatic heterocycles. The maximum atomic E-state index is 12.2. The zero-order valence-electron chi connectivity index (χ0n) is 9.93. The van der Waals surface area contributed by atoms with Crippen LogP contribution in [0.4, 0.5) is 0 Å². The first kappa shape index (κ1) is 12.8. The monoisotopic (exact) mass is 268 g/mol. The fraction of sp³-hybridized carbons (Fsp3) is 0.417. The molecule has 1 fully saturated rings. The van der Waals surface area contributed by atoms with E-state index in [0.717, 1.165) is 6.42 Å². The number of esters is 1. The van der Waals surface area contributed by atoms with E-state index in [1.54, 1.807) is 18.2 Å². The maximum absolute atomic E-state index is 12.2. The summed E-state index contributed by atoms with van der Waals surface area (Å²) in [5.41, 5.74) is 0.248. The van der Waals surface area contributed by atoms with Gasteiger partial charge in [-0.15, -0.1) is 0 Å². The topological polar surface area (TPSA) is 59.5 Å². The molecule has 0 spiro atoms. The fourth-order valence-corrected chi connectivity index (χ4v) is 2.23. The lowest BCUT2D eigenvalue weighted by Crippen LogP contribution is -2.41. The van der Waals surface area contributed by atoms with Gasteiger partial charge in [0.1, 0.15) is 16.9 Å². The van der Waals surface area contributed by atoms with Crippen LogP contribution in [-0.2, 0) is 9.53 Å². The van der Waals surface area contributed by atoms with Gasteiger partial charge in [-0.2, -0.15) is 0 Å². The van der Waals surface area contributed by atoms with Crippen molar-refractivity contribution in [3.05, 3.63) is 29.0 Å². The third kappa shape index (κ3) is 2.46. The van der Waals surface area contributed by atoms with Gasteiger partial charge >= 0.3 is 5.97 Å². The number of halogens is 1. The van der Waals surface area contributed by atoms with Crippen LogP contribution < -0.4 is 0 Å². The predicted molar refractivity (Wildman–Crippen MR) is 65.3 cm³/mol. The van der Waals surface area contributed by atoms with Gasteiger partial charge in [-0.1, -0.05) is 17.7 Å². The Kier molecular flexibility index (Phi) is 3.81. The van der Waals surface area contributed by atoms with Crippen LogP contribution in [0.5, 0.6) is 0 Å². The van der Waals surface area contributed by atoms with Crippen molar-refractivity contribution in [2.24, 2.45) is 0 Å². The second-order valence-corrected chi connectivity index (χ2v) is 4.41. The van der Waals surface area contributed by atoms with Crippen molar-refractivity contribution >= 4 is 23.5 Å². The molecule has 1 aromatic heterocycles. The SMILES string of the molecule is COC(=O)C1CCCN1C(=O)c1cccc(Cl)n1. The van der Waals surface area contributed by atoms with Crippen LogP contribution in [-0.4, -0.2) is 41.5 Å². The highest BCUT2D eigenvalue weighted by Gasteiger charge is 2.35. The van der Waals surface area contributed by atoms with Gasteiger partial charge in [0.25, 0.3) is 5.91 Å². The number of aromatic nitrogens is 1. The Morgan fingerprint density at radius 1 is 1.50 bits per heavy atom. The minimum atomic E-state index is -0.511. The second-order valence-electron chi connectivity index (χ2n) is 4.03. The molecule has 1 aliphatic rings. The standard InChI is InChI=1S/C12H13ClN2O3/c1-18-12(17)9-5-3-7-15(9)11(16)8-4-2-6-10(13)14-8/h2,4,6,9H,3,5,7H2,1H3. The van der Waals surface area contributed by atoms with Crippen LogP contribution in [0.25, 0.3) is 0 Å². The first-order chi connectivity index (χ1) is 8.63. The summed E-state index contributed by atoms with van der Waals surface area (Å²) in [4.78, 5) is 29.2. The predicted octanol–water partition coefficient (Wildman–Crippen LogP) is 1.51. The molecular weight excluding hydrogens is 256 g/mol. The summed E-state index contributed by atoms with van der Waals surface area (Å²) in [6.45, 7) is 0.535. The number of carbonyl (C=O) groups is 2. The van der Waals surface area contributed by atoms with E-state index >= 15 is 0 Å². The van der Waals surface area contributed by atoms with Crippen LogP contribution in [0.2, 0.25) is 5.15 Å². The number of pyridine rings is 1. The van der Waals surface area contributed by atoms with Crippen LogP contribution >= 0.6 is 11.6 Å². The summed E-state index contributed by atoms with van der Waals surface area (Å²) < 4.78 is 4.69. The van der Waals surface area contributed by atoms with Crippen LogP contribution in [0.15, 0.2) is 18.2 Å². The minimum absolute atomic E-state index is 0.248. The van der Waals surface area contributed by atoms with Crippen molar-refractivity contribution < 1.29 is 14.3 Å². The van der Waals surface area contributed by atoms with Crippen LogP contribution in [0.3, 0.4) is 0 Å². The third-order valence-electron chi connectivity index (χ3n) is 2.92. The fourth-order valence-electron chi connectivity index (χ4n) is 2.07. The quantitative estimate of drug-likeness (QED) is 0.603. The number of methoxy groups -OCH3 is 1. The molecule has 1 amide bonds. The Hall–Kier alpha value is -1.62. The van der Waals surface area contributed by atoms with Gasteiger partial charge < -0.3 is 9.64 Å². The number of likely N-dealkylation sites (tertiary alicyclic amines) is 1. The zero-order valence-corrected chi connectivity index (χ0v) is 10.7. The number of nitrogens with zero attached hydrogens (tertiary/aromatic N) is 2. The molecule has 18 heavy (non-hydrogen) atoms. The summed E-state index contributed by atoms with van der Waals surface area (Å²) in [5, 5.41) is 0.259. The number of carbonyl (C=O) groups excluding carboxylic acids is 2. The molecule has 0 N–H and O–H groups in total. The van der Waals surface area contributed by atoms with Crippen LogP contribution in [0.1, 0.15) is 23.3 Å². The van der Waals surface area contributed by atoms with Crippen molar-refractivity contribution in [3.8, 4) is 0 Å². The van der Waals surface area contributed by atoms with E-state index in [2.05, 4.69) is 4.98 Å². The molecule has 2 heterocycles. The van der Waals surface area contributed by atoms with E-state index in [0.29, 0.717) is 13.0 Å². The van der Waals surface area contributed by atoms with E-state index in [9.17, 15) is 9.59 Å². The Bertz CT molecular complexity index is 478. The molecule has 1 saturated heterocycles. The van der Waals surface area contributed by atoms with E-state index in [1.807, 2.05) is 0 Å². The van der Waals surface area contributed by atoms with Gasteiger partial charge in [0.2, 0.25) is 0 Å². The average molecular weight is 269 g/mol. The minimum Gasteiger partial charge on any atom is -0.467 e. The highest BCUT2D eigenvalue weighted by molar-refractivity contribution is 6.29. The number of amides is 1. The summed E-state index contributed by atoms with van der Waals surface area (Å²) in [5.74, 6) is -0.673. The van der Waals surface area contributed by atoms with Gasteiger partial charge in [0, 0.05) is 6.54 Å². The Labute approximate surface area is 110 Å². The Balaban J connectivity index is 2.20. The molecule has 2 rings (SSSR count). The maximum Gasteiger partial charge on any atom is 0.328 e. The van der Waals surface area contributed by atoms with Gasteiger partial charge in [-0.3, -0.25) is 4.79 Å². The third-order valence-corrected chi connectivity index (χ3v) is 3.13. The molecule has 1 atom stereocenters. The largest absolute Gasteiger partial charge is 0.467 e. The first-order valence-electron chi connectivity index (χ1n) is 5.65. The van der Waals surface area contributed by atoms with Gasteiger partial charge in [-0.25, -0.2) is 9.78 Å². The summed E-state index contributed by atoms with van der Waals surface area (Å²) in [6.07, 6.45) is 1.41. The smallest absolute Gasteiger partial charge is 0.328 e. The molecule has 0 aromatic carbocycles. The van der Waals surface area contributed by atoms with E-state index < -0.39 is 6.04 Å². The summed E-state index contributed by atoms with van der Waals surface area (Å²) >= 11 is 5.75. The molecule has 0 saturated carbocycles. The van der Waals surface area contributed by atoms with Crippen LogP contribution in [0, 0.1) is 0 Å². The summed E-state index contributed by atoms with van der Waals surface area (Å²) in [6, 6.07) is 4.33. The van der Waals surface area contributed by atoms with Crippen molar-refractivity contribution in [2.45, 2.75) is 18.9 Å². The van der Waals surface area contributed by atoms with Crippen molar-refractivity contribution in [3.63, 3.8) is 0 Å². The first-order valence-corrected chi connectivity index (χ1v) is 6.02. The van der Waals surface area contributed by atoms with Crippen molar-refractivity contribution in [1.82, 2.24) is 9.88 Å². The highest BCUT2D eigenvalue weighted by Crippen LogP contribution is 2.21. The lowest BCUT2D eigenvalue weighted by atomic mass is 10.2. The van der Waals surface area contributed by atoms with E-state index in [-0.39, 0.29) is 22.7 Å². The van der Waals surface area contributed by atoms with Gasteiger partial charge in [0.15, 0.2) is 0 Å². The molecular formula is C12H13ClN2O3. The van der Waals surface area contributed by atoms with Crippen molar-refractivity contribution in [1.29, 1.82) is 0 Å². The molecule has 96 valence electrons. The lowest BCUT2D eigenvalue weighted by Gasteiger charge is -2.22. The number of hydrogen-bond donors (Lipinski definition) is 0. The highest BCUT2D eigenvalue weighted by atomic mass is 35.5. The summed E-state index contributed by atoms with van der Waals surface area (Å²) in [7, 11) is 1.32. The zero-order chi connectivity index (χ0) is 13.1. The normalized spacial score (nSPS) is 18.8. The molecule has 1 aromatic rings. The lowest BCUT2D eigenvalue weighted by molar-refractivity contribution is -0.145. The van der Waals surface area contributed by atoms with E-state index in [4.69, 9.17) is 16.3 Å². The second kappa shape index (κ2) is 5.35. The Morgan fingerprint density at radius 3 is 2.94 bits per heavy atom.